The molecule has 0 radical (unpaired) electrons. The summed E-state index contributed by atoms with van der Waals surface area (Å²) in [6, 6.07) is 5.67. The van der Waals surface area contributed by atoms with E-state index in [1.807, 2.05) is 0 Å². The first-order valence-electron chi connectivity index (χ1n) is 8.80. The summed E-state index contributed by atoms with van der Waals surface area (Å²) in [6.45, 7) is 1.62. The molecule has 4 rings (SSSR count). The van der Waals surface area contributed by atoms with Gasteiger partial charge in [0.15, 0.2) is 10.2 Å². The molecular weight excluding hydrogens is 498 g/mol. The van der Waals surface area contributed by atoms with Gasteiger partial charge in [0.2, 0.25) is 0 Å². The summed E-state index contributed by atoms with van der Waals surface area (Å²) >= 11 is 0.785. The van der Waals surface area contributed by atoms with Crippen molar-refractivity contribution < 1.29 is 40.3 Å². The lowest BCUT2D eigenvalue weighted by molar-refractivity contribution is -0.375. The quantitative estimate of drug-likeness (QED) is 0.280. The molecule has 33 heavy (non-hydrogen) atoms. The number of fused-ring (bicyclic) bond motifs is 1. The van der Waals surface area contributed by atoms with Crippen LogP contribution in [0.15, 0.2) is 59.6 Å². The summed E-state index contributed by atoms with van der Waals surface area (Å²) in [6.07, 6.45) is -10.3. The van der Waals surface area contributed by atoms with Crippen LogP contribution < -0.4 is 5.63 Å². The fraction of sp³-hybridized carbons (Fsp3) is 0.211. The zero-order valence-corrected chi connectivity index (χ0v) is 17.7. The lowest BCUT2D eigenvalue weighted by Crippen LogP contribution is -2.53. The second kappa shape index (κ2) is 7.88. The van der Waals surface area contributed by atoms with Gasteiger partial charge in [-0.1, -0.05) is 11.8 Å². The van der Waals surface area contributed by atoms with Crippen molar-refractivity contribution >= 4 is 34.1 Å². The van der Waals surface area contributed by atoms with Crippen LogP contribution in [0.4, 0.5) is 26.3 Å². The molecule has 0 fully saturated rings. The Morgan fingerprint density at radius 3 is 2.39 bits per heavy atom. The first-order valence-corrected chi connectivity index (χ1v) is 10.4. The number of aryl methyl sites for hydroxylation is 1. The third-order valence-electron chi connectivity index (χ3n) is 4.48. The maximum absolute atomic E-state index is 13.1. The number of halogens is 6. The summed E-state index contributed by atoms with van der Waals surface area (Å²) in [7, 11) is 0. The minimum absolute atomic E-state index is 0.0468. The monoisotopic (exact) mass is 508 g/mol. The number of thiazole rings is 1. The molecule has 174 valence electrons. The summed E-state index contributed by atoms with van der Waals surface area (Å²) in [5.74, 6) is 0.371. The number of alkyl halides is 6. The fourth-order valence-corrected chi connectivity index (χ4v) is 5.03. The number of aliphatic hydroxyl groups is 1. The van der Waals surface area contributed by atoms with E-state index in [1.54, 1.807) is 13.0 Å². The highest BCUT2D eigenvalue weighted by Gasteiger charge is 2.72. The van der Waals surface area contributed by atoms with Gasteiger partial charge in [0.05, 0.1) is 4.88 Å². The van der Waals surface area contributed by atoms with Crippen LogP contribution in [0.1, 0.15) is 10.8 Å². The van der Waals surface area contributed by atoms with Gasteiger partial charge in [-0.05, 0) is 18.2 Å². The van der Waals surface area contributed by atoms with E-state index in [9.17, 15) is 36.2 Å². The molecule has 0 saturated heterocycles. The molecule has 6 nitrogen and oxygen atoms in total. The maximum Gasteiger partial charge on any atom is 0.431 e. The smallest absolute Gasteiger partial charge is 0.431 e. The van der Waals surface area contributed by atoms with Gasteiger partial charge in [0.25, 0.3) is 5.60 Å². The van der Waals surface area contributed by atoms with E-state index in [1.165, 1.54) is 24.5 Å². The molecule has 0 aliphatic rings. The minimum Gasteiger partial charge on any atom is -0.449 e. The standard InChI is InChI=1S/C19H10F6N2O4S2/c1-8-27-12(7-30-8)11-5-15(28)31-13-4-9(2-3-10(11)13)32-16-26-6-14(33-16)17(29,18(20,21)22)19(23,24)25/h2-7,29H,1H3. The van der Waals surface area contributed by atoms with E-state index >= 15 is 0 Å². The molecule has 0 aliphatic carbocycles. The predicted octanol–water partition coefficient (Wildman–Crippen LogP) is 5.68. The van der Waals surface area contributed by atoms with E-state index in [0.29, 0.717) is 33.6 Å². The van der Waals surface area contributed by atoms with Crippen LogP contribution in [0.25, 0.3) is 22.2 Å². The predicted molar refractivity (Wildman–Crippen MR) is 105 cm³/mol. The van der Waals surface area contributed by atoms with Gasteiger partial charge in [-0.2, -0.15) is 26.3 Å². The largest absolute Gasteiger partial charge is 0.449 e. The first-order chi connectivity index (χ1) is 15.3. The van der Waals surface area contributed by atoms with Crippen LogP contribution in [0, 0.1) is 6.92 Å². The van der Waals surface area contributed by atoms with E-state index in [0.717, 1.165) is 11.8 Å². The number of nitrogens with zero attached hydrogens (tertiary/aromatic N) is 2. The second-order valence-electron chi connectivity index (χ2n) is 6.69. The average Bonchev–Trinajstić information content (AvgIpc) is 3.34. The number of hydrogen-bond acceptors (Lipinski definition) is 8. The Labute approximate surface area is 187 Å². The Balaban J connectivity index is 1.70. The van der Waals surface area contributed by atoms with Gasteiger partial charge < -0.3 is 13.9 Å². The number of rotatable bonds is 4. The van der Waals surface area contributed by atoms with Crippen molar-refractivity contribution in [3.8, 4) is 11.3 Å². The van der Waals surface area contributed by atoms with Crippen LogP contribution in [-0.2, 0) is 5.60 Å². The van der Waals surface area contributed by atoms with Crippen molar-refractivity contribution in [2.45, 2.75) is 34.1 Å². The summed E-state index contributed by atoms with van der Waals surface area (Å²) in [5.41, 5.74) is -4.82. The Morgan fingerprint density at radius 2 is 1.79 bits per heavy atom. The molecule has 1 aromatic carbocycles. The van der Waals surface area contributed by atoms with Crippen molar-refractivity contribution in [1.29, 1.82) is 0 Å². The Morgan fingerprint density at radius 1 is 1.09 bits per heavy atom. The minimum atomic E-state index is -6.00. The van der Waals surface area contributed by atoms with Gasteiger partial charge in [0, 0.05) is 35.0 Å². The Kier molecular flexibility index (Phi) is 5.57. The van der Waals surface area contributed by atoms with E-state index in [4.69, 9.17) is 8.83 Å². The summed E-state index contributed by atoms with van der Waals surface area (Å²) in [4.78, 5) is 18.6. The molecule has 3 aromatic heterocycles. The van der Waals surface area contributed by atoms with Gasteiger partial charge in [0.1, 0.15) is 17.5 Å². The lowest BCUT2D eigenvalue weighted by Gasteiger charge is -2.30. The van der Waals surface area contributed by atoms with Crippen LogP contribution in [0.5, 0.6) is 0 Å². The molecule has 14 heteroatoms. The molecule has 0 unspecified atom stereocenters. The molecule has 0 saturated carbocycles. The molecule has 0 amide bonds. The second-order valence-corrected chi connectivity index (χ2v) is 9.04. The van der Waals surface area contributed by atoms with Gasteiger partial charge in [-0.15, -0.1) is 11.3 Å². The normalized spacial score (nSPS) is 13.1. The number of benzene rings is 1. The van der Waals surface area contributed by atoms with E-state index in [2.05, 4.69) is 9.97 Å². The Bertz CT molecular complexity index is 1380. The maximum atomic E-state index is 13.1. The Hall–Kier alpha value is -2.84. The number of hydrogen-bond donors (Lipinski definition) is 1. The molecular formula is C19H10F6N2O4S2. The molecule has 0 spiro atoms. The van der Waals surface area contributed by atoms with E-state index < -0.39 is 28.5 Å². The van der Waals surface area contributed by atoms with Crippen LogP contribution in [-0.4, -0.2) is 27.4 Å². The van der Waals surface area contributed by atoms with Gasteiger partial charge in [-0.25, -0.2) is 14.8 Å². The third kappa shape index (κ3) is 4.13. The van der Waals surface area contributed by atoms with Crippen LogP contribution >= 0.6 is 23.1 Å². The molecule has 0 bridgehead atoms. The summed E-state index contributed by atoms with van der Waals surface area (Å²) < 4.78 is 88.5. The molecule has 0 aliphatic heterocycles. The summed E-state index contributed by atoms with van der Waals surface area (Å²) in [5, 5.41) is 9.98. The SMILES string of the molecule is Cc1nc(-c2cc(=O)oc3cc(Sc4ncc(C(O)(C(F)(F)F)C(F)(F)F)s4)ccc23)co1. The third-order valence-corrected chi connectivity index (χ3v) is 6.65. The van der Waals surface area contributed by atoms with Crippen LogP contribution in [0.3, 0.4) is 0 Å². The highest BCUT2D eigenvalue weighted by atomic mass is 32.2. The van der Waals surface area contributed by atoms with Crippen molar-refractivity contribution in [2.24, 2.45) is 0 Å². The molecule has 3 heterocycles. The highest BCUT2D eigenvalue weighted by Crippen LogP contribution is 2.52. The zero-order chi connectivity index (χ0) is 24.2. The van der Waals surface area contributed by atoms with Gasteiger partial charge in [-0.3, -0.25) is 0 Å². The van der Waals surface area contributed by atoms with Crippen molar-refractivity contribution in [3.05, 3.63) is 57.9 Å². The van der Waals surface area contributed by atoms with Crippen molar-refractivity contribution in [3.63, 3.8) is 0 Å². The van der Waals surface area contributed by atoms with Gasteiger partial charge >= 0.3 is 18.0 Å². The number of oxazole rings is 1. The zero-order valence-electron chi connectivity index (χ0n) is 16.1. The lowest BCUT2D eigenvalue weighted by atomic mass is 10.0. The highest BCUT2D eigenvalue weighted by molar-refractivity contribution is 8.01. The first kappa shape index (κ1) is 23.3. The van der Waals surface area contributed by atoms with Crippen molar-refractivity contribution in [1.82, 2.24) is 9.97 Å². The van der Waals surface area contributed by atoms with E-state index in [-0.39, 0.29) is 21.3 Å². The topological polar surface area (TPSA) is 89.4 Å². The molecule has 0 atom stereocenters. The average molecular weight is 508 g/mol. The molecule has 1 N–H and O–H groups in total. The number of aromatic nitrogens is 2. The van der Waals surface area contributed by atoms with Crippen molar-refractivity contribution in [2.75, 3.05) is 0 Å². The molecule has 4 aromatic rings. The fourth-order valence-electron chi connectivity index (χ4n) is 2.92. The van der Waals surface area contributed by atoms with Crippen LogP contribution in [0.2, 0.25) is 0 Å².